The van der Waals surface area contributed by atoms with Crippen molar-refractivity contribution >= 4 is 17.7 Å². The number of alkyl halides is 3. The Hall–Kier alpha value is -3.74. The zero-order valence-electron chi connectivity index (χ0n) is 23.4. The van der Waals surface area contributed by atoms with Gasteiger partial charge in [0.25, 0.3) is 0 Å². The van der Waals surface area contributed by atoms with Gasteiger partial charge in [0.15, 0.2) is 0 Å². The Morgan fingerprint density at radius 1 is 1.17 bits per heavy atom. The van der Waals surface area contributed by atoms with Crippen LogP contribution in [0.4, 0.5) is 24.9 Å². The first-order valence-corrected chi connectivity index (χ1v) is 13.9. The third-order valence-electron chi connectivity index (χ3n) is 7.16. The van der Waals surface area contributed by atoms with Crippen molar-refractivity contribution in [1.82, 2.24) is 29.6 Å². The molecule has 1 atom stereocenters. The lowest BCUT2D eigenvalue weighted by atomic mass is 10.1. The van der Waals surface area contributed by atoms with Gasteiger partial charge in [0.05, 0.1) is 17.8 Å². The van der Waals surface area contributed by atoms with Crippen LogP contribution in [0.15, 0.2) is 30.6 Å². The number of unbranched alkanes of at least 4 members (excludes halogenated alkanes) is 1. The van der Waals surface area contributed by atoms with Crippen LogP contribution in [-0.2, 0) is 30.4 Å². The molecule has 0 radical (unpaired) electrons. The van der Waals surface area contributed by atoms with E-state index in [9.17, 15) is 23.1 Å². The molecule has 3 aromatic rings. The SMILES string of the molecule is Cc1cc(C)n(CCN(CCCCc2ccc3c(n2)NCCC3)CCC(Nc2ncc(C(F)(F)F)cn2)C(=O)O)n1. The first kappa shape index (κ1) is 30.2. The van der Waals surface area contributed by atoms with Crippen molar-refractivity contribution in [3.8, 4) is 0 Å². The lowest BCUT2D eigenvalue weighted by Gasteiger charge is -2.25. The van der Waals surface area contributed by atoms with Crippen molar-refractivity contribution in [3.63, 3.8) is 0 Å². The zero-order valence-corrected chi connectivity index (χ0v) is 23.4. The molecule has 0 aliphatic carbocycles. The molecule has 0 saturated carbocycles. The van der Waals surface area contributed by atoms with Crippen LogP contribution in [0, 0.1) is 13.8 Å². The summed E-state index contributed by atoms with van der Waals surface area (Å²) < 4.78 is 40.4. The zero-order chi connectivity index (χ0) is 29.4. The molecule has 0 bridgehead atoms. The predicted octanol–water partition coefficient (Wildman–Crippen LogP) is 4.34. The number of hydrogen-bond acceptors (Lipinski definition) is 8. The van der Waals surface area contributed by atoms with Crippen LogP contribution in [0.2, 0.25) is 0 Å². The highest BCUT2D eigenvalue weighted by Crippen LogP contribution is 2.28. The van der Waals surface area contributed by atoms with Crippen LogP contribution in [0.5, 0.6) is 0 Å². The van der Waals surface area contributed by atoms with Gasteiger partial charge in [0, 0.05) is 43.4 Å². The van der Waals surface area contributed by atoms with Crippen LogP contribution in [0.25, 0.3) is 0 Å². The van der Waals surface area contributed by atoms with Gasteiger partial charge in [-0.1, -0.05) is 6.07 Å². The normalized spacial score (nSPS) is 14.0. The topological polar surface area (TPSA) is 121 Å². The van der Waals surface area contributed by atoms with Crippen LogP contribution in [0.3, 0.4) is 0 Å². The number of pyridine rings is 1. The number of halogens is 3. The Labute approximate surface area is 237 Å². The van der Waals surface area contributed by atoms with E-state index in [0.717, 1.165) is 68.1 Å². The molecule has 1 aliphatic heterocycles. The Bertz CT molecular complexity index is 1300. The standard InChI is InChI=1S/C28H37F3N8O2/c1-19-16-20(2)39(37-19)15-14-38(12-4-3-7-23-9-8-21-6-5-11-32-25(21)35-23)13-10-24(26(40)41)36-27-33-17-22(18-34-27)28(29,30)31/h8-9,16-18,24H,3-7,10-15H2,1-2H3,(H,32,35)(H,40,41)(H,33,34,36). The van der Waals surface area contributed by atoms with Crippen LogP contribution in [-0.4, -0.2) is 72.9 Å². The van der Waals surface area contributed by atoms with E-state index in [1.54, 1.807) is 0 Å². The van der Waals surface area contributed by atoms with Crippen molar-refractivity contribution in [2.45, 2.75) is 71.1 Å². The Balaban J connectivity index is 1.33. The fourth-order valence-corrected chi connectivity index (χ4v) is 4.90. The molecular weight excluding hydrogens is 537 g/mol. The largest absolute Gasteiger partial charge is 0.480 e. The number of aromatic nitrogens is 5. The number of nitrogens with one attached hydrogen (secondary N) is 2. The van der Waals surface area contributed by atoms with E-state index in [1.165, 1.54) is 5.56 Å². The predicted molar refractivity (Wildman–Crippen MR) is 149 cm³/mol. The lowest BCUT2D eigenvalue weighted by Crippen LogP contribution is -2.37. The molecule has 3 N–H and O–H groups in total. The maximum Gasteiger partial charge on any atom is 0.419 e. The number of aliphatic carboxylic acids is 1. The highest BCUT2D eigenvalue weighted by molar-refractivity contribution is 5.76. The number of fused-ring (bicyclic) bond motifs is 1. The molecule has 3 aromatic heterocycles. The third-order valence-corrected chi connectivity index (χ3v) is 7.16. The Morgan fingerprint density at radius 3 is 2.63 bits per heavy atom. The summed E-state index contributed by atoms with van der Waals surface area (Å²) in [5, 5.41) is 20.3. The molecule has 0 fully saturated rings. The monoisotopic (exact) mass is 574 g/mol. The summed E-state index contributed by atoms with van der Waals surface area (Å²) in [6, 6.07) is 5.21. The van der Waals surface area contributed by atoms with Crippen LogP contribution >= 0.6 is 0 Å². The van der Waals surface area contributed by atoms with Crippen molar-refractivity contribution in [3.05, 3.63) is 58.8 Å². The van der Waals surface area contributed by atoms with E-state index < -0.39 is 23.8 Å². The van der Waals surface area contributed by atoms with E-state index in [4.69, 9.17) is 4.98 Å². The highest BCUT2D eigenvalue weighted by Gasteiger charge is 2.31. The summed E-state index contributed by atoms with van der Waals surface area (Å²) in [4.78, 5) is 26.2. The van der Waals surface area contributed by atoms with Gasteiger partial charge in [-0.3, -0.25) is 4.68 Å². The molecule has 0 saturated heterocycles. The number of nitrogens with zero attached hydrogens (tertiary/aromatic N) is 6. The molecule has 4 rings (SSSR count). The molecule has 10 nitrogen and oxygen atoms in total. The quantitative estimate of drug-likeness (QED) is 0.242. The summed E-state index contributed by atoms with van der Waals surface area (Å²) >= 11 is 0. The van der Waals surface area contributed by atoms with Crippen molar-refractivity contribution in [2.24, 2.45) is 0 Å². The number of carboxylic acids is 1. The number of carboxylic acid groups (broad SMARTS) is 1. The van der Waals surface area contributed by atoms with E-state index in [2.05, 4.69) is 42.7 Å². The second-order valence-corrected chi connectivity index (χ2v) is 10.4. The number of aryl methyl sites for hydroxylation is 4. The van der Waals surface area contributed by atoms with Gasteiger partial charge in [0.2, 0.25) is 5.95 Å². The van der Waals surface area contributed by atoms with E-state index in [-0.39, 0.29) is 12.4 Å². The van der Waals surface area contributed by atoms with E-state index >= 15 is 0 Å². The van der Waals surface area contributed by atoms with Gasteiger partial charge < -0.3 is 20.6 Å². The second-order valence-electron chi connectivity index (χ2n) is 10.4. The Kier molecular flexibility index (Phi) is 10.1. The van der Waals surface area contributed by atoms with E-state index in [0.29, 0.717) is 32.0 Å². The first-order chi connectivity index (χ1) is 19.6. The minimum atomic E-state index is -4.57. The van der Waals surface area contributed by atoms with Crippen molar-refractivity contribution in [1.29, 1.82) is 0 Å². The average Bonchev–Trinajstić information content (AvgIpc) is 3.27. The fourth-order valence-electron chi connectivity index (χ4n) is 4.90. The summed E-state index contributed by atoms with van der Waals surface area (Å²) in [6.45, 7) is 7.44. The molecule has 0 spiro atoms. The minimum absolute atomic E-state index is 0.161. The second kappa shape index (κ2) is 13.7. The van der Waals surface area contributed by atoms with Crippen molar-refractivity contribution in [2.75, 3.05) is 36.8 Å². The summed E-state index contributed by atoms with van der Waals surface area (Å²) in [6.07, 6.45) is 1.79. The summed E-state index contributed by atoms with van der Waals surface area (Å²) in [5.74, 6) is -0.296. The summed E-state index contributed by atoms with van der Waals surface area (Å²) in [5.41, 5.74) is 3.32. The van der Waals surface area contributed by atoms with E-state index in [1.807, 2.05) is 24.6 Å². The van der Waals surface area contributed by atoms with Crippen LogP contribution in [0.1, 0.15) is 53.9 Å². The fraction of sp³-hybridized carbons (Fsp3) is 0.536. The molecular formula is C28H37F3N8O2. The number of carbonyl (C=O) groups is 1. The molecule has 1 unspecified atom stereocenters. The maximum absolute atomic E-state index is 12.8. The molecule has 41 heavy (non-hydrogen) atoms. The average molecular weight is 575 g/mol. The number of rotatable bonds is 14. The molecule has 13 heteroatoms. The highest BCUT2D eigenvalue weighted by atomic mass is 19.4. The summed E-state index contributed by atoms with van der Waals surface area (Å²) in [7, 11) is 0. The smallest absolute Gasteiger partial charge is 0.419 e. The van der Waals surface area contributed by atoms with Crippen molar-refractivity contribution < 1.29 is 23.1 Å². The molecule has 222 valence electrons. The Morgan fingerprint density at radius 2 is 1.95 bits per heavy atom. The minimum Gasteiger partial charge on any atom is -0.480 e. The van der Waals surface area contributed by atoms with Gasteiger partial charge in [0.1, 0.15) is 11.9 Å². The van der Waals surface area contributed by atoms with Crippen LogP contribution < -0.4 is 10.6 Å². The maximum atomic E-state index is 12.8. The first-order valence-electron chi connectivity index (χ1n) is 13.9. The number of anilines is 2. The van der Waals surface area contributed by atoms with Gasteiger partial charge >= 0.3 is 12.1 Å². The number of hydrogen-bond donors (Lipinski definition) is 3. The molecule has 0 amide bonds. The van der Waals surface area contributed by atoms with Gasteiger partial charge in [-0.05, 0) is 76.6 Å². The van der Waals surface area contributed by atoms with Gasteiger partial charge in [-0.15, -0.1) is 0 Å². The lowest BCUT2D eigenvalue weighted by molar-refractivity contribution is -0.139. The molecule has 1 aliphatic rings. The molecule has 0 aromatic carbocycles. The molecule has 4 heterocycles. The van der Waals surface area contributed by atoms with Gasteiger partial charge in [-0.2, -0.15) is 18.3 Å². The van der Waals surface area contributed by atoms with Gasteiger partial charge in [-0.25, -0.2) is 19.7 Å². The third kappa shape index (κ3) is 8.87.